The Labute approximate surface area is 120 Å². The topological polar surface area (TPSA) is 68.3 Å². The molecule has 0 saturated carbocycles. The number of hydrogen-bond acceptors (Lipinski definition) is 3. The molecule has 1 fully saturated rings. The molecule has 4 nitrogen and oxygen atoms in total. The first-order valence-electron chi connectivity index (χ1n) is 6.68. The lowest BCUT2D eigenvalue weighted by Gasteiger charge is -2.23. The van der Waals surface area contributed by atoms with E-state index >= 15 is 0 Å². The molecule has 0 spiro atoms. The fourth-order valence-corrected chi connectivity index (χ4v) is 2.17. The molecule has 0 bridgehead atoms. The first kappa shape index (κ1) is 15.6. The van der Waals surface area contributed by atoms with Crippen molar-refractivity contribution in [2.45, 2.75) is 31.5 Å². The molecule has 0 aromatic heterocycles. The first-order chi connectivity index (χ1) is 9.88. The van der Waals surface area contributed by atoms with Crippen molar-refractivity contribution in [3.63, 3.8) is 0 Å². The summed E-state index contributed by atoms with van der Waals surface area (Å²) in [6.45, 7) is 0.700. The van der Waals surface area contributed by atoms with Gasteiger partial charge in [-0.05, 0) is 37.5 Å². The Kier molecular flexibility index (Phi) is 4.72. The van der Waals surface area contributed by atoms with Crippen LogP contribution in [0.25, 0.3) is 0 Å². The summed E-state index contributed by atoms with van der Waals surface area (Å²) >= 11 is 0. The largest absolute Gasteiger partial charge is 0.490 e. The third kappa shape index (κ3) is 4.10. The van der Waals surface area contributed by atoms with Crippen LogP contribution in [0.4, 0.5) is 13.2 Å². The number of nitrogens with one attached hydrogen (secondary N) is 1. The summed E-state index contributed by atoms with van der Waals surface area (Å²) in [6.07, 6.45) is -1.99. The van der Waals surface area contributed by atoms with Crippen molar-refractivity contribution in [2.24, 2.45) is 5.73 Å². The molecule has 1 atom stereocenters. The quantitative estimate of drug-likeness (QED) is 0.663. The summed E-state index contributed by atoms with van der Waals surface area (Å²) in [6, 6.07) is 3.37. The van der Waals surface area contributed by atoms with E-state index in [4.69, 9.17) is 20.6 Å². The van der Waals surface area contributed by atoms with Crippen molar-refractivity contribution in [1.29, 1.82) is 5.41 Å². The van der Waals surface area contributed by atoms with E-state index in [0.29, 0.717) is 6.61 Å². The van der Waals surface area contributed by atoms with E-state index in [1.165, 1.54) is 12.1 Å². The number of nitrogens with two attached hydrogens (primary N) is 1. The second-order valence-corrected chi connectivity index (χ2v) is 4.92. The zero-order chi connectivity index (χ0) is 15.5. The zero-order valence-electron chi connectivity index (χ0n) is 11.4. The van der Waals surface area contributed by atoms with Gasteiger partial charge in [0, 0.05) is 12.2 Å². The van der Waals surface area contributed by atoms with Gasteiger partial charge in [-0.25, -0.2) is 0 Å². The predicted octanol–water partition coefficient (Wildman–Crippen LogP) is 2.94. The summed E-state index contributed by atoms with van der Waals surface area (Å²) in [5.41, 5.74) is 4.31. The number of ether oxygens (including phenoxy) is 2. The normalized spacial score (nSPS) is 19.3. The molecule has 116 valence electrons. The molecular formula is C14H17F3N2O2. The number of amidine groups is 1. The summed E-state index contributed by atoms with van der Waals surface area (Å²) < 4.78 is 49.8. The SMILES string of the molecule is N=C(N)c1ccc(OCC2CCCCO2)c(C(F)(F)F)c1. The average molecular weight is 302 g/mol. The number of alkyl halides is 3. The molecule has 1 aliphatic heterocycles. The highest BCUT2D eigenvalue weighted by molar-refractivity contribution is 5.95. The maximum Gasteiger partial charge on any atom is 0.419 e. The smallest absolute Gasteiger partial charge is 0.419 e. The third-order valence-electron chi connectivity index (χ3n) is 3.29. The number of nitrogen functional groups attached to an aromatic ring is 1. The van der Waals surface area contributed by atoms with Crippen LogP contribution in [-0.2, 0) is 10.9 Å². The van der Waals surface area contributed by atoms with Gasteiger partial charge in [0.2, 0.25) is 0 Å². The van der Waals surface area contributed by atoms with Crippen LogP contribution in [0.15, 0.2) is 18.2 Å². The predicted molar refractivity (Wildman–Crippen MR) is 71.5 cm³/mol. The number of benzene rings is 1. The van der Waals surface area contributed by atoms with E-state index in [-0.39, 0.29) is 24.0 Å². The maximum absolute atomic E-state index is 13.0. The van der Waals surface area contributed by atoms with Crippen molar-refractivity contribution in [3.8, 4) is 5.75 Å². The van der Waals surface area contributed by atoms with Gasteiger partial charge in [0.1, 0.15) is 18.2 Å². The first-order valence-corrected chi connectivity index (χ1v) is 6.68. The summed E-state index contributed by atoms with van der Waals surface area (Å²) in [5.74, 6) is -0.677. The molecule has 1 unspecified atom stereocenters. The molecule has 3 N–H and O–H groups in total. The van der Waals surface area contributed by atoms with E-state index in [1.54, 1.807) is 0 Å². The maximum atomic E-state index is 13.0. The Morgan fingerprint density at radius 2 is 2.14 bits per heavy atom. The van der Waals surface area contributed by atoms with Crippen LogP contribution in [-0.4, -0.2) is 25.2 Å². The van der Waals surface area contributed by atoms with Gasteiger partial charge in [-0.1, -0.05) is 0 Å². The minimum Gasteiger partial charge on any atom is -0.490 e. The van der Waals surface area contributed by atoms with Gasteiger partial charge in [0.05, 0.1) is 11.7 Å². The van der Waals surface area contributed by atoms with E-state index < -0.39 is 17.6 Å². The number of halogens is 3. The summed E-state index contributed by atoms with van der Waals surface area (Å²) in [5, 5.41) is 7.22. The van der Waals surface area contributed by atoms with Crippen LogP contribution >= 0.6 is 0 Å². The van der Waals surface area contributed by atoms with E-state index in [9.17, 15) is 13.2 Å². The Hall–Kier alpha value is -1.76. The molecule has 21 heavy (non-hydrogen) atoms. The zero-order valence-corrected chi connectivity index (χ0v) is 11.4. The number of hydrogen-bond donors (Lipinski definition) is 2. The molecule has 1 aromatic carbocycles. The molecule has 1 aliphatic rings. The van der Waals surface area contributed by atoms with Gasteiger partial charge >= 0.3 is 6.18 Å². The Balaban J connectivity index is 2.15. The fraction of sp³-hybridized carbons (Fsp3) is 0.500. The van der Waals surface area contributed by atoms with Crippen molar-refractivity contribution in [2.75, 3.05) is 13.2 Å². The molecule has 1 heterocycles. The minimum absolute atomic E-state index is 0.0172. The molecule has 1 aromatic rings. The molecule has 0 aliphatic carbocycles. The van der Waals surface area contributed by atoms with Crippen LogP contribution in [0.5, 0.6) is 5.75 Å². The molecule has 7 heteroatoms. The molecule has 0 radical (unpaired) electrons. The van der Waals surface area contributed by atoms with Gasteiger partial charge < -0.3 is 15.2 Å². The Morgan fingerprint density at radius 1 is 1.38 bits per heavy atom. The van der Waals surface area contributed by atoms with Crippen LogP contribution in [0.1, 0.15) is 30.4 Å². The van der Waals surface area contributed by atoms with Gasteiger partial charge in [0.25, 0.3) is 0 Å². The second kappa shape index (κ2) is 6.34. The molecule has 0 amide bonds. The highest BCUT2D eigenvalue weighted by Gasteiger charge is 2.35. The number of rotatable bonds is 4. The van der Waals surface area contributed by atoms with Crippen molar-refractivity contribution >= 4 is 5.84 Å². The van der Waals surface area contributed by atoms with Crippen LogP contribution in [0, 0.1) is 5.41 Å². The molecular weight excluding hydrogens is 285 g/mol. The van der Waals surface area contributed by atoms with Gasteiger partial charge in [-0.3, -0.25) is 5.41 Å². The minimum atomic E-state index is -4.56. The molecule has 2 rings (SSSR count). The fourth-order valence-electron chi connectivity index (χ4n) is 2.17. The lowest BCUT2D eigenvalue weighted by molar-refractivity contribution is -0.139. The van der Waals surface area contributed by atoms with Crippen molar-refractivity contribution in [3.05, 3.63) is 29.3 Å². The van der Waals surface area contributed by atoms with E-state index in [2.05, 4.69) is 0 Å². The van der Waals surface area contributed by atoms with Crippen molar-refractivity contribution in [1.82, 2.24) is 0 Å². The third-order valence-corrected chi connectivity index (χ3v) is 3.29. The Morgan fingerprint density at radius 3 is 2.71 bits per heavy atom. The summed E-state index contributed by atoms with van der Waals surface area (Å²) in [4.78, 5) is 0. The summed E-state index contributed by atoms with van der Waals surface area (Å²) in [7, 11) is 0. The second-order valence-electron chi connectivity index (χ2n) is 4.92. The van der Waals surface area contributed by atoms with Gasteiger partial charge in [-0.15, -0.1) is 0 Å². The van der Waals surface area contributed by atoms with E-state index in [0.717, 1.165) is 25.3 Å². The van der Waals surface area contributed by atoms with Crippen LogP contribution < -0.4 is 10.5 Å². The van der Waals surface area contributed by atoms with Gasteiger partial charge in [-0.2, -0.15) is 13.2 Å². The highest BCUT2D eigenvalue weighted by Crippen LogP contribution is 2.37. The van der Waals surface area contributed by atoms with Gasteiger partial charge in [0.15, 0.2) is 0 Å². The Bertz CT molecular complexity index is 511. The standard InChI is InChI=1S/C14H17F3N2O2/c15-14(16,17)11-7-9(13(18)19)4-5-12(11)21-8-10-3-1-2-6-20-10/h4-5,7,10H,1-3,6,8H2,(H3,18,19). The lowest BCUT2D eigenvalue weighted by atomic mass is 10.1. The van der Waals surface area contributed by atoms with Crippen molar-refractivity contribution < 1.29 is 22.6 Å². The van der Waals surface area contributed by atoms with E-state index in [1.807, 2.05) is 0 Å². The highest BCUT2D eigenvalue weighted by atomic mass is 19.4. The monoisotopic (exact) mass is 302 g/mol. The molecule has 1 saturated heterocycles. The average Bonchev–Trinajstić information content (AvgIpc) is 2.45. The van der Waals surface area contributed by atoms with Crippen LogP contribution in [0.3, 0.4) is 0 Å². The lowest BCUT2D eigenvalue weighted by Crippen LogP contribution is -2.26. The van der Waals surface area contributed by atoms with Crippen LogP contribution in [0.2, 0.25) is 0 Å².